The quantitative estimate of drug-likeness (QED) is 0.821. The minimum absolute atomic E-state index is 0.121. The van der Waals surface area contributed by atoms with E-state index >= 15 is 0 Å². The lowest BCUT2D eigenvalue weighted by Gasteiger charge is -2.05. The molecule has 0 fully saturated rings. The third kappa shape index (κ3) is 4.16. The van der Waals surface area contributed by atoms with Gasteiger partial charge in [-0.1, -0.05) is 30.3 Å². The molecule has 0 amide bonds. The summed E-state index contributed by atoms with van der Waals surface area (Å²) in [5, 5.41) is 0. The van der Waals surface area contributed by atoms with Crippen LogP contribution in [0.4, 0.5) is 0 Å². The Morgan fingerprint density at radius 2 is 1.62 bits per heavy atom. The SMILES string of the molecule is COc1ccc(S(=O)(=O)CC(=O)Cc2ccccc2)cc1. The first kappa shape index (κ1) is 15.3. The Hall–Kier alpha value is -2.14. The van der Waals surface area contributed by atoms with Crippen molar-refractivity contribution in [2.45, 2.75) is 11.3 Å². The predicted molar refractivity (Wildman–Crippen MR) is 80.2 cm³/mol. The van der Waals surface area contributed by atoms with Gasteiger partial charge < -0.3 is 4.74 Å². The largest absolute Gasteiger partial charge is 0.497 e. The number of rotatable bonds is 6. The maximum Gasteiger partial charge on any atom is 0.185 e. The molecule has 2 aromatic rings. The fourth-order valence-electron chi connectivity index (χ4n) is 1.95. The Kier molecular flexibility index (Phi) is 4.75. The van der Waals surface area contributed by atoms with Gasteiger partial charge in [-0.2, -0.15) is 0 Å². The zero-order valence-corrected chi connectivity index (χ0v) is 12.5. The number of ether oxygens (including phenoxy) is 1. The van der Waals surface area contributed by atoms with E-state index < -0.39 is 15.6 Å². The lowest BCUT2D eigenvalue weighted by atomic mass is 10.1. The zero-order chi connectivity index (χ0) is 15.3. The predicted octanol–water partition coefficient (Wildman–Crippen LogP) is 2.28. The summed E-state index contributed by atoms with van der Waals surface area (Å²) in [5.74, 6) is -0.240. The lowest BCUT2D eigenvalue weighted by Crippen LogP contribution is -2.18. The average Bonchev–Trinajstić information content (AvgIpc) is 2.47. The molecule has 0 aliphatic heterocycles. The number of Topliss-reactive ketones (excluding diaryl/α,β-unsaturated/α-hetero) is 1. The van der Waals surface area contributed by atoms with Crippen LogP contribution in [0.25, 0.3) is 0 Å². The molecule has 4 nitrogen and oxygen atoms in total. The van der Waals surface area contributed by atoms with E-state index in [4.69, 9.17) is 4.74 Å². The van der Waals surface area contributed by atoms with E-state index in [1.54, 1.807) is 24.3 Å². The molecular formula is C16H16O4S. The molecule has 0 atom stereocenters. The second kappa shape index (κ2) is 6.54. The number of hydrogen-bond donors (Lipinski definition) is 0. The molecule has 2 rings (SSSR count). The summed E-state index contributed by atoms with van der Waals surface area (Å²) >= 11 is 0. The van der Waals surface area contributed by atoms with Gasteiger partial charge >= 0.3 is 0 Å². The van der Waals surface area contributed by atoms with Gasteiger partial charge in [0.05, 0.1) is 12.0 Å². The number of carbonyl (C=O) groups excluding carboxylic acids is 1. The molecule has 0 aromatic heterocycles. The van der Waals surface area contributed by atoms with Crippen molar-refractivity contribution in [2.24, 2.45) is 0 Å². The molecule has 0 radical (unpaired) electrons. The summed E-state index contributed by atoms with van der Waals surface area (Å²) in [6.45, 7) is 0. The maximum absolute atomic E-state index is 12.2. The lowest BCUT2D eigenvalue weighted by molar-refractivity contribution is -0.116. The number of carbonyl (C=O) groups is 1. The van der Waals surface area contributed by atoms with Gasteiger partial charge in [-0.3, -0.25) is 4.79 Å². The number of ketones is 1. The zero-order valence-electron chi connectivity index (χ0n) is 11.7. The highest BCUT2D eigenvalue weighted by Crippen LogP contribution is 2.17. The fourth-order valence-corrected chi connectivity index (χ4v) is 3.20. The van der Waals surface area contributed by atoms with Crippen molar-refractivity contribution in [3.05, 3.63) is 60.2 Å². The molecule has 0 bridgehead atoms. The first-order valence-electron chi connectivity index (χ1n) is 6.44. The summed E-state index contributed by atoms with van der Waals surface area (Å²) < 4.78 is 29.3. The van der Waals surface area contributed by atoms with Crippen LogP contribution in [0.3, 0.4) is 0 Å². The molecule has 0 aliphatic carbocycles. The van der Waals surface area contributed by atoms with Gasteiger partial charge in [-0.15, -0.1) is 0 Å². The van der Waals surface area contributed by atoms with E-state index in [9.17, 15) is 13.2 Å². The van der Waals surface area contributed by atoms with Crippen molar-refractivity contribution in [2.75, 3.05) is 12.9 Å². The van der Waals surface area contributed by atoms with E-state index in [0.717, 1.165) is 5.56 Å². The van der Waals surface area contributed by atoms with Gasteiger partial charge in [-0.05, 0) is 29.8 Å². The molecule has 5 heteroatoms. The van der Waals surface area contributed by atoms with Crippen molar-refractivity contribution in [1.82, 2.24) is 0 Å². The van der Waals surface area contributed by atoms with Crippen molar-refractivity contribution < 1.29 is 17.9 Å². The Balaban J connectivity index is 2.07. The molecule has 0 saturated carbocycles. The molecule has 2 aromatic carbocycles. The molecule has 0 aliphatic rings. The van der Waals surface area contributed by atoms with Crippen molar-refractivity contribution in [3.63, 3.8) is 0 Å². The van der Waals surface area contributed by atoms with Gasteiger partial charge in [0, 0.05) is 6.42 Å². The molecule has 21 heavy (non-hydrogen) atoms. The van der Waals surface area contributed by atoms with Crippen LogP contribution in [0.15, 0.2) is 59.5 Å². The smallest absolute Gasteiger partial charge is 0.185 e. The van der Waals surface area contributed by atoms with Crippen LogP contribution in [0.5, 0.6) is 5.75 Å². The topological polar surface area (TPSA) is 60.4 Å². The van der Waals surface area contributed by atoms with Crippen LogP contribution >= 0.6 is 0 Å². The molecule has 110 valence electrons. The van der Waals surface area contributed by atoms with Crippen molar-refractivity contribution in [1.29, 1.82) is 0 Å². The number of methoxy groups -OCH3 is 1. The van der Waals surface area contributed by atoms with Gasteiger partial charge in [0.1, 0.15) is 11.5 Å². The Morgan fingerprint density at radius 1 is 1.00 bits per heavy atom. The molecular weight excluding hydrogens is 288 g/mol. The highest BCUT2D eigenvalue weighted by atomic mass is 32.2. The number of hydrogen-bond acceptors (Lipinski definition) is 4. The summed E-state index contributed by atoms with van der Waals surface area (Å²) in [7, 11) is -2.10. The second-order valence-electron chi connectivity index (χ2n) is 4.64. The monoisotopic (exact) mass is 304 g/mol. The Bertz CT molecular complexity index is 704. The Morgan fingerprint density at radius 3 is 2.19 bits per heavy atom. The maximum atomic E-state index is 12.2. The molecule has 0 saturated heterocycles. The summed E-state index contributed by atoms with van der Waals surface area (Å²) in [6.07, 6.45) is 0.121. The van der Waals surface area contributed by atoms with E-state index in [2.05, 4.69) is 0 Å². The molecule has 0 N–H and O–H groups in total. The first-order chi connectivity index (χ1) is 10.0. The van der Waals surface area contributed by atoms with Crippen LogP contribution < -0.4 is 4.74 Å². The average molecular weight is 304 g/mol. The molecule has 0 heterocycles. The van der Waals surface area contributed by atoms with Gasteiger partial charge in [0.2, 0.25) is 0 Å². The van der Waals surface area contributed by atoms with Gasteiger partial charge in [0.15, 0.2) is 15.6 Å². The fraction of sp³-hybridized carbons (Fsp3) is 0.188. The first-order valence-corrected chi connectivity index (χ1v) is 8.09. The highest BCUT2D eigenvalue weighted by molar-refractivity contribution is 7.92. The van der Waals surface area contributed by atoms with E-state index in [1.165, 1.54) is 19.2 Å². The van der Waals surface area contributed by atoms with Crippen LogP contribution in [-0.2, 0) is 21.1 Å². The van der Waals surface area contributed by atoms with Crippen LogP contribution in [0.2, 0.25) is 0 Å². The van der Waals surface area contributed by atoms with Crippen molar-refractivity contribution in [3.8, 4) is 5.75 Å². The normalized spacial score (nSPS) is 11.1. The van der Waals surface area contributed by atoms with Crippen LogP contribution in [-0.4, -0.2) is 27.1 Å². The standard InChI is InChI=1S/C16H16O4S/c1-20-15-7-9-16(10-8-15)21(18,19)12-14(17)11-13-5-3-2-4-6-13/h2-10H,11-12H2,1H3. The summed E-state index contributed by atoms with van der Waals surface area (Å²) in [5.41, 5.74) is 0.812. The molecule has 0 spiro atoms. The third-order valence-corrected chi connectivity index (χ3v) is 4.71. The number of benzene rings is 2. The molecule has 0 unspecified atom stereocenters. The minimum atomic E-state index is -3.61. The van der Waals surface area contributed by atoms with Gasteiger partial charge in [-0.25, -0.2) is 8.42 Å². The minimum Gasteiger partial charge on any atom is -0.497 e. The second-order valence-corrected chi connectivity index (χ2v) is 6.63. The van der Waals surface area contributed by atoms with E-state index in [1.807, 2.05) is 18.2 Å². The summed E-state index contributed by atoms with van der Waals surface area (Å²) in [6, 6.07) is 15.1. The van der Waals surface area contributed by atoms with E-state index in [-0.39, 0.29) is 17.1 Å². The summed E-state index contributed by atoms with van der Waals surface area (Å²) in [4.78, 5) is 12.1. The number of sulfone groups is 1. The third-order valence-electron chi connectivity index (χ3n) is 3.01. The van der Waals surface area contributed by atoms with E-state index in [0.29, 0.717) is 5.75 Å². The van der Waals surface area contributed by atoms with Crippen LogP contribution in [0.1, 0.15) is 5.56 Å². The highest BCUT2D eigenvalue weighted by Gasteiger charge is 2.19. The van der Waals surface area contributed by atoms with Crippen molar-refractivity contribution >= 4 is 15.6 Å². The Labute approximate surface area is 124 Å². The van der Waals surface area contributed by atoms with Gasteiger partial charge in [0.25, 0.3) is 0 Å². The van der Waals surface area contributed by atoms with Crippen LogP contribution in [0, 0.1) is 0 Å².